The Morgan fingerprint density at radius 3 is 2.73 bits per heavy atom. The smallest absolute Gasteiger partial charge is 0.319 e. The maximum Gasteiger partial charge on any atom is 0.319 e. The maximum atomic E-state index is 16.7. The Kier molecular flexibility index (Phi) is 7.08. The van der Waals surface area contributed by atoms with Crippen LogP contribution in [0.5, 0.6) is 11.8 Å². The van der Waals surface area contributed by atoms with Crippen molar-refractivity contribution >= 4 is 27.5 Å². The third-order valence-electron chi connectivity index (χ3n) is 9.61. The molecule has 232 valence electrons. The highest BCUT2D eigenvalue weighted by atomic mass is 19.1. The van der Waals surface area contributed by atoms with Gasteiger partial charge in [0, 0.05) is 37.8 Å². The van der Waals surface area contributed by atoms with E-state index in [-0.39, 0.29) is 41.7 Å². The number of ether oxygens (including phenoxy) is 1. The summed E-state index contributed by atoms with van der Waals surface area (Å²) in [6, 6.07) is 5.75. The Hall–Kier alpha value is -3.70. The molecule has 0 spiro atoms. The van der Waals surface area contributed by atoms with E-state index in [0.717, 1.165) is 19.4 Å². The lowest BCUT2D eigenvalue weighted by molar-refractivity contribution is 0.0447. The van der Waals surface area contributed by atoms with Gasteiger partial charge < -0.3 is 19.8 Å². The second-order valence-corrected chi connectivity index (χ2v) is 12.9. The number of fused-ring (bicyclic) bond motifs is 3. The maximum absolute atomic E-state index is 16.7. The number of aromatic hydroxyl groups is 1. The molecular weight excluding hydrogens is 571 g/mol. The number of anilines is 1. The number of aliphatic hydroxyl groups is 1. The lowest BCUT2D eigenvalue weighted by atomic mass is 9.94. The number of aromatic nitrogens is 3. The molecule has 8 nitrogen and oxygen atoms in total. The van der Waals surface area contributed by atoms with Gasteiger partial charge in [0.15, 0.2) is 5.82 Å². The molecule has 0 saturated carbocycles. The van der Waals surface area contributed by atoms with Crippen LogP contribution in [0.15, 0.2) is 30.5 Å². The number of hydrogen-bond acceptors (Lipinski definition) is 8. The third kappa shape index (κ3) is 4.90. The van der Waals surface area contributed by atoms with Crippen LogP contribution < -0.4 is 9.64 Å². The first kappa shape index (κ1) is 29.0. The van der Waals surface area contributed by atoms with E-state index in [1.54, 1.807) is 13.0 Å². The van der Waals surface area contributed by atoms with Crippen molar-refractivity contribution in [1.29, 1.82) is 0 Å². The number of benzene rings is 2. The van der Waals surface area contributed by atoms with E-state index in [2.05, 4.69) is 14.9 Å². The molecule has 3 aliphatic heterocycles. The standard InChI is InChI=1S/C33H36F3N5O3/c1-3-22-25(35)7-6-19-12-21(42)13-23(26(19)22)28-27(36)29-24(15-37-28)30(40-10-4-8-32(2,43)17-40)39-31(38-29)44-18-33-9-5-11-41(33)16-20(34)14-33/h6-7,12-13,15,20,42-43H,3-5,8-11,14,16-18H2,1-2H3. The van der Waals surface area contributed by atoms with Crippen molar-refractivity contribution < 1.29 is 28.1 Å². The third-order valence-corrected chi connectivity index (χ3v) is 9.61. The van der Waals surface area contributed by atoms with Crippen LogP contribution in [0.4, 0.5) is 19.0 Å². The summed E-state index contributed by atoms with van der Waals surface area (Å²) in [4.78, 5) is 17.7. The number of β-amino-alcohol motifs (C(OH)–C–C–N with tert-alkyl or cyclic N) is 1. The van der Waals surface area contributed by atoms with Crippen molar-refractivity contribution in [1.82, 2.24) is 19.9 Å². The number of phenolic OH excluding ortho intramolecular Hbond substituents is 1. The summed E-state index contributed by atoms with van der Waals surface area (Å²) in [7, 11) is 0. The van der Waals surface area contributed by atoms with Crippen molar-refractivity contribution in [2.75, 3.05) is 37.7 Å². The Bertz CT molecular complexity index is 1770. The van der Waals surface area contributed by atoms with Crippen molar-refractivity contribution in [2.24, 2.45) is 0 Å². The highest BCUT2D eigenvalue weighted by Crippen LogP contribution is 2.42. The number of rotatable bonds is 6. The second-order valence-electron chi connectivity index (χ2n) is 12.9. The molecule has 0 aliphatic carbocycles. The van der Waals surface area contributed by atoms with Crippen LogP contribution in [0, 0.1) is 11.6 Å². The molecular formula is C33H36F3N5O3. The number of phenols is 1. The molecule has 3 fully saturated rings. The lowest BCUT2D eigenvalue weighted by Crippen LogP contribution is -2.46. The minimum absolute atomic E-state index is 0.0401. The summed E-state index contributed by atoms with van der Waals surface area (Å²) >= 11 is 0. The van der Waals surface area contributed by atoms with E-state index < -0.39 is 28.9 Å². The molecule has 2 aromatic carbocycles. The van der Waals surface area contributed by atoms with Gasteiger partial charge in [0.1, 0.15) is 41.4 Å². The summed E-state index contributed by atoms with van der Waals surface area (Å²) in [6.07, 6.45) is 4.36. The van der Waals surface area contributed by atoms with Gasteiger partial charge >= 0.3 is 6.01 Å². The number of halogens is 3. The fourth-order valence-electron chi connectivity index (χ4n) is 7.60. The molecule has 0 radical (unpaired) electrons. The predicted molar refractivity (Wildman–Crippen MR) is 162 cm³/mol. The van der Waals surface area contributed by atoms with E-state index in [4.69, 9.17) is 9.72 Å². The summed E-state index contributed by atoms with van der Waals surface area (Å²) in [6.45, 7) is 5.79. The van der Waals surface area contributed by atoms with E-state index in [1.165, 1.54) is 24.4 Å². The van der Waals surface area contributed by atoms with Crippen molar-refractivity contribution in [3.05, 3.63) is 47.7 Å². The van der Waals surface area contributed by atoms with Gasteiger partial charge in [-0.25, -0.2) is 13.2 Å². The molecule has 7 rings (SSSR count). The van der Waals surface area contributed by atoms with Crippen LogP contribution in [0.2, 0.25) is 0 Å². The summed E-state index contributed by atoms with van der Waals surface area (Å²) in [5.74, 6) is -0.898. The van der Waals surface area contributed by atoms with Crippen LogP contribution in [0.1, 0.15) is 51.5 Å². The van der Waals surface area contributed by atoms with Crippen LogP contribution >= 0.6 is 0 Å². The van der Waals surface area contributed by atoms with E-state index in [1.807, 2.05) is 11.8 Å². The first-order valence-electron chi connectivity index (χ1n) is 15.4. The SMILES string of the molecule is CCc1c(F)ccc2cc(O)cc(-c3ncc4c(N5CCCC(C)(O)C5)nc(OCC56CCCN5CC(F)C6)nc4c3F)c12. The Labute approximate surface area is 253 Å². The van der Waals surface area contributed by atoms with E-state index >= 15 is 4.39 Å². The molecule has 3 aliphatic rings. The molecule has 44 heavy (non-hydrogen) atoms. The lowest BCUT2D eigenvalue weighted by Gasteiger charge is -2.38. The topological polar surface area (TPSA) is 94.8 Å². The minimum Gasteiger partial charge on any atom is -0.508 e. The summed E-state index contributed by atoms with van der Waals surface area (Å²) in [5.41, 5.74) is -0.898. The van der Waals surface area contributed by atoms with Gasteiger partial charge in [-0.2, -0.15) is 9.97 Å². The largest absolute Gasteiger partial charge is 0.508 e. The zero-order chi connectivity index (χ0) is 30.8. The van der Waals surface area contributed by atoms with Crippen molar-refractivity contribution in [3.63, 3.8) is 0 Å². The number of hydrogen-bond donors (Lipinski definition) is 2. The second kappa shape index (κ2) is 10.7. The van der Waals surface area contributed by atoms with Gasteiger partial charge in [0.2, 0.25) is 0 Å². The zero-order valence-electron chi connectivity index (χ0n) is 24.9. The predicted octanol–water partition coefficient (Wildman–Crippen LogP) is 5.70. The highest BCUT2D eigenvalue weighted by Gasteiger charge is 2.49. The Morgan fingerprint density at radius 2 is 1.93 bits per heavy atom. The summed E-state index contributed by atoms with van der Waals surface area (Å²) in [5, 5.41) is 22.8. The monoisotopic (exact) mass is 607 g/mol. The van der Waals surface area contributed by atoms with Crippen LogP contribution in [0.3, 0.4) is 0 Å². The molecule has 2 aromatic heterocycles. The highest BCUT2D eigenvalue weighted by molar-refractivity contribution is 6.01. The Morgan fingerprint density at radius 1 is 1.11 bits per heavy atom. The van der Waals surface area contributed by atoms with Gasteiger partial charge in [-0.1, -0.05) is 13.0 Å². The molecule has 0 amide bonds. The van der Waals surface area contributed by atoms with Gasteiger partial charge in [-0.05, 0) is 80.1 Å². The van der Waals surface area contributed by atoms with Gasteiger partial charge in [0.25, 0.3) is 0 Å². The zero-order valence-corrected chi connectivity index (χ0v) is 24.9. The number of piperidine rings is 1. The van der Waals surface area contributed by atoms with Gasteiger partial charge in [-0.3, -0.25) is 9.88 Å². The number of alkyl halides is 1. The molecule has 11 heteroatoms. The first-order chi connectivity index (χ1) is 21.1. The summed E-state index contributed by atoms with van der Waals surface area (Å²) < 4.78 is 52.2. The number of pyridine rings is 1. The van der Waals surface area contributed by atoms with Gasteiger partial charge in [-0.15, -0.1) is 0 Å². The molecule has 3 atom stereocenters. The molecule has 4 aromatic rings. The molecule has 3 saturated heterocycles. The first-order valence-corrected chi connectivity index (χ1v) is 15.4. The normalized spacial score (nSPS) is 25.7. The Balaban J connectivity index is 1.38. The number of nitrogens with zero attached hydrogens (tertiary/aromatic N) is 5. The van der Waals surface area contributed by atoms with Crippen LogP contribution in [0.25, 0.3) is 32.9 Å². The average molecular weight is 608 g/mol. The number of aryl methyl sites for hydroxylation is 1. The van der Waals surface area contributed by atoms with E-state index in [9.17, 15) is 19.0 Å². The average Bonchev–Trinajstić information content (AvgIpc) is 3.51. The fourth-order valence-corrected chi connectivity index (χ4v) is 7.60. The quantitative estimate of drug-likeness (QED) is 0.289. The van der Waals surface area contributed by atoms with Crippen LogP contribution in [-0.4, -0.2) is 80.2 Å². The molecule has 2 N–H and O–H groups in total. The van der Waals surface area contributed by atoms with Crippen molar-refractivity contribution in [2.45, 2.75) is 69.7 Å². The van der Waals surface area contributed by atoms with E-state index in [0.29, 0.717) is 66.3 Å². The molecule has 3 unspecified atom stereocenters. The minimum atomic E-state index is -0.965. The molecule has 5 heterocycles. The van der Waals surface area contributed by atoms with Gasteiger partial charge in [0.05, 0.1) is 16.5 Å². The van der Waals surface area contributed by atoms with Crippen molar-refractivity contribution in [3.8, 4) is 23.0 Å². The molecule has 0 bridgehead atoms. The fraction of sp³-hybridized carbons (Fsp3) is 0.485. The van der Waals surface area contributed by atoms with Crippen LogP contribution in [-0.2, 0) is 6.42 Å².